The summed E-state index contributed by atoms with van der Waals surface area (Å²) in [6.45, 7) is -0.126. The van der Waals surface area contributed by atoms with Gasteiger partial charge in [-0.3, -0.25) is 9.78 Å². The molecule has 5 rings (SSSR count). The normalized spacial score (nSPS) is 10.8. The van der Waals surface area contributed by atoms with Crippen LogP contribution in [-0.4, -0.2) is 27.6 Å². The van der Waals surface area contributed by atoms with Gasteiger partial charge >= 0.3 is 0 Å². The fourth-order valence-electron chi connectivity index (χ4n) is 3.32. The minimum Gasteiger partial charge on any atom is -0.484 e. The number of para-hydroxylation sites is 1. The number of fused-ring (bicyclic) bond motifs is 1. The number of carbonyl (C=O) groups is 1. The predicted molar refractivity (Wildman–Crippen MR) is 121 cm³/mol. The molecular formula is C25H18N4O3. The Kier molecular flexibility index (Phi) is 5.28. The van der Waals surface area contributed by atoms with Gasteiger partial charge in [-0.05, 0) is 47.2 Å². The molecule has 0 saturated heterocycles. The van der Waals surface area contributed by atoms with Crippen LogP contribution < -0.4 is 10.1 Å². The molecule has 0 bridgehead atoms. The summed E-state index contributed by atoms with van der Waals surface area (Å²) in [6, 6.07) is 24.6. The second-order valence-corrected chi connectivity index (χ2v) is 7.05. The number of pyridine rings is 1. The fourth-order valence-corrected chi connectivity index (χ4v) is 3.32. The Bertz CT molecular complexity index is 1380. The molecule has 7 nitrogen and oxygen atoms in total. The highest BCUT2D eigenvalue weighted by Gasteiger charge is 2.15. The van der Waals surface area contributed by atoms with E-state index in [0.29, 0.717) is 28.7 Å². The van der Waals surface area contributed by atoms with Gasteiger partial charge in [0.1, 0.15) is 5.75 Å². The van der Waals surface area contributed by atoms with Gasteiger partial charge in [0, 0.05) is 18.0 Å². The second kappa shape index (κ2) is 8.69. The minimum atomic E-state index is -0.292. The lowest BCUT2D eigenvalue weighted by Gasteiger charge is -2.10. The number of aromatic nitrogens is 3. The molecule has 2 aromatic heterocycles. The summed E-state index contributed by atoms with van der Waals surface area (Å²) in [6.07, 6.45) is 3.32. The van der Waals surface area contributed by atoms with Gasteiger partial charge in [0.15, 0.2) is 6.61 Å². The first-order chi connectivity index (χ1) is 15.8. The number of anilines is 1. The molecule has 0 unspecified atom stereocenters. The van der Waals surface area contributed by atoms with Crippen molar-refractivity contribution in [3.63, 3.8) is 0 Å². The van der Waals surface area contributed by atoms with Crippen molar-refractivity contribution in [2.24, 2.45) is 0 Å². The maximum Gasteiger partial charge on any atom is 0.262 e. The van der Waals surface area contributed by atoms with E-state index >= 15 is 0 Å². The Balaban J connectivity index is 1.29. The van der Waals surface area contributed by atoms with Crippen LogP contribution in [0.15, 0.2) is 95.8 Å². The van der Waals surface area contributed by atoms with Gasteiger partial charge < -0.3 is 14.6 Å². The van der Waals surface area contributed by atoms with Crippen LogP contribution in [0, 0.1) is 0 Å². The number of nitrogens with zero attached hydrogens (tertiary/aromatic N) is 3. The largest absolute Gasteiger partial charge is 0.484 e. The predicted octanol–water partition coefficient (Wildman–Crippen LogP) is 4.97. The van der Waals surface area contributed by atoms with E-state index in [1.54, 1.807) is 30.6 Å². The molecular weight excluding hydrogens is 404 g/mol. The molecule has 3 aromatic carbocycles. The van der Waals surface area contributed by atoms with Crippen LogP contribution in [0.1, 0.15) is 0 Å². The van der Waals surface area contributed by atoms with Crippen molar-refractivity contribution in [2.75, 3.05) is 11.9 Å². The van der Waals surface area contributed by atoms with Crippen LogP contribution in [0.3, 0.4) is 0 Å². The van der Waals surface area contributed by atoms with Gasteiger partial charge in [0.2, 0.25) is 5.82 Å². The van der Waals surface area contributed by atoms with Crippen molar-refractivity contribution in [3.8, 4) is 28.6 Å². The maximum absolute atomic E-state index is 12.5. The maximum atomic E-state index is 12.5. The zero-order valence-electron chi connectivity index (χ0n) is 16.9. The second-order valence-electron chi connectivity index (χ2n) is 7.05. The Morgan fingerprint density at radius 2 is 1.69 bits per heavy atom. The average molecular weight is 422 g/mol. The fraction of sp³-hybridized carbons (Fsp3) is 0.0400. The summed E-state index contributed by atoms with van der Waals surface area (Å²) in [7, 11) is 0. The van der Waals surface area contributed by atoms with E-state index in [0.717, 1.165) is 16.3 Å². The lowest BCUT2D eigenvalue weighted by atomic mass is 10.1. The summed E-state index contributed by atoms with van der Waals surface area (Å²) in [5.41, 5.74) is 1.98. The van der Waals surface area contributed by atoms with Gasteiger partial charge in [-0.15, -0.1) is 0 Å². The number of carbonyl (C=O) groups excluding carboxylic acids is 1. The van der Waals surface area contributed by atoms with Crippen molar-refractivity contribution in [2.45, 2.75) is 0 Å². The van der Waals surface area contributed by atoms with Crippen LogP contribution in [0.5, 0.6) is 5.75 Å². The van der Waals surface area contributed by atoms with E-state index in [4.69, 9.17) is 9.26 Å². The van der Waals surface area contributed by atoms with Gasteiger partial charge in [0.25, 0.3) is 11.8 Å². The highest BCUT2D eigenvalue weighted by atomic mass is 16.5. The van der Waals surface area contributed by atoms with E-state index in [9.17, 15) is 4.79 Å². The summed E-state index contributed by atoms with van der Waals surface area (Å²) in [4.78, 5) is 21.0. The number of hydrogen-bond acceptors (Lipinski definition) is 6. The lowest BCUT2D eigenvalue weighted by Crippen LogP contribution is -2.20. The highest BCUT2D eigenvalue weighted by molar-refractivity contribution is 5.95. The van der Waals surface area contributed by atoms with Crippen molar-refractivity contribution >= 4 is 22.4 Å². The number of ether oxygens (including phenoxy) is 1. The standard InChI is InChI=1S/C25H18N4O3/c30-23(16-31-20-10-9-17-5-1-2-6-19(17)15-20)27-22-8-4-3-7-21(22)25-28-24(29-32-25)18-11-13-26-14-12-18/h1-15H,16H2,(H,27,30). The van der Waals surface area contributed by atoms with Crippen LogP contribution in [0.4, 0.5) is 5.69 Å². The molecule has 0 spiro atoms. The zero-order valence-corrected chi connectivity index (χ0v) is 16.9. The Morgan fingerprint density at radius 3 is 2.56 bits per heavy atom. The molecule has 7 heteroatoms. The minimum absolute atomic E-state index is 0.126. The molecule has 156 valence electrons. The molecule has 32 heavy (non-hydrogen) atoms. The first kappa shape index (κ1) is 19.4. The molecule has 1 amide bonds. The lowest BCUT2D eigenvalue weighted by molar-refractivity contribution is -0.118. The number of nitrogens with one attached hydrogen (secondary N) is 1. The van der Waals surface area contributed by atoms with Gasteiger partial charge in [-0.2, -0.15) is 4.98 Å². The van der Waals surface area contributed by atoms with Crippen LogP contribution in [0.25, 0.3) is 33.6 Å². The first-order valence-electron chi connectivity index (χ1n) is 10.0. The zero-order chi connectivity index (χ0) is 21.8. The van der Waals surface area contributed by atoms with Gasteiger partial charge in [-0.25, -0.2) is 0 Å². The van der Waals surface area contributed by atoms with Crippen LogP contribution in [-0.2, 0) is 4.79 Å². The third-order valence-electron chi connectivity index (χ3n) is 4.89. The molecule has 0 saturated carbocycles. The van der Waals surface area contributed by atoms with Crippen molar-refractivity contribution in [1.82, 2.24) is 15.1 Å². The molecule has 2 heterocycles. The van der Waals surface area contributed by atoms with E-state index < -0.39 is 0 Å². The number of amides is 1. The summed E-state index contributed by atoms with van der Waals surface area (Å²) >= 11 is 0. The first-order valence-corrected chi connectivity index (χ1v) is 10.0. The molecule has 0 aliphatic heterocycles. The van der Waals surface area contributed by atoms with Crippen molar-refractivity contribution < 1.29 is 14.1 Å². The molecule has 0 radical (unpaired) electrons. The van der Waals surface area contributed by atoms with E-state index in [1.807, 2.05) is 60.7 Å². The van der Waals surface area contributed by atoms with Gasteiger partial charge in [0.05, 0.1) is 11.3 Å². The molecule has 0 aliphatic rings. The monoisotopic (exact) mass is 422 g/mol. The number of hydrogen-bond donors (Lipinski definition) is 1. The Hall–Kier alpha value is -4.52. The van der Waals surface area contributed by atoms with Crippen LogP contribution in [0.2, 0.25) is 0 Å². The smallest absolute Gasteiger partial charge is 0.262 e. The molecule has 0 atom stereocenters. The number of benzene rings is 3. The molecule has 0 fully saturated rings. The summed E-state index contributed by atoms with van der Waals surface area (Å²) in [5.74, 6) is 1.09. The van der Waals surface area contributed by atoms with E-state index in [1.165, 1.54) is 0 Å². The third-order valence-corrected chi connectivity index (χ3v) is 4.89. The summed E-state index contributed by atoms with van der Waals surface area (Å²) < 4.78 is 11.1. The highest BCUT2D eigenvalue weighted by Crippen LogP contribution is 2.28. The Labute approximate surface area is 183 Å². The van der Waals surface area contributed by atoms with E-state index in [-0.39, 0.29) is 12.5 Å². The Morgan fingerprint density at radius 1 is 0.906 bits per heavy atom. The van der Waals surface area contributed by atoms with Crippen molar-refractivity contribution in [3.05, 3.63) is 91.3 Å². The topological polar surface area (TPSA) is 90.1 Å². The SMILES string of the molecule is O=C(COc1ccc2ccccc2c1)Nc1ccccc1-c1nc(-c2ccncc2)no1. The van der Waals surface area contributed by atoms with Gasteiger partial charge in [-0.1, -0.05) is 47.6 Å². The third kappa shape index (κ3) is 4.17. The molecule has 1 N–H and O–H groups in total. The molecule has 0 aliphatic carbocycles. The average Bonchev–Trinajstić information content (AvgIpc) is 3.34. The summed E-state index contributed by atoms with van der Waals surface area (Å²) in [5, 5.41) is 9.06. The quantitative estimate of drug-likeness (QED) is 0.416. The number of rotatable bonds is 6. The molecule has 5 aromatic rings. The van der Waals surface area contributed by atoms with Crippen molar-refractivity contribution in [1.29, 1.82) is 0 Å². The van der Waals surface area contributed by atoms with E-state index in [2.05, 4.69) is 20.4 Å². The van der Waals surface area contributed by atoms with Crippen LogP contribution >= 0.6 is 0 Å².